The quantitative estimate of drug-likeness (QED) is 0.894. The molecule has 0 aromatic carbocycles. The molecule has 2 heterocycles. The van der Waals surface area contributed by atoms with Crippen molar-refractivity contribution < 1.29 is 4.79 Å². The van der Waals surface area contributed by atoms with Gasteiger partial charge in [-0.1, -0.05) is 0 Å². The fraction of sp³-hybridized carbons (Fsp3) is 0.571. The smallest absolute Gasteiger partial charge is 0.222 e. The van der Waals surface area contributed by atoms with E-state index in [0.717, 1.165) is 38.9 Å². The normalized spacial score (nSPS) is 18.2. The Labute approximate surface area is 120 Å². The van der Waals surface area contributed by atoms with E-state index in [4.69, 9.17) is 5.73 Å². The molecule has 1 aromatic heterocycles. The summed E-state index contributed by atoms with van der Waals surface area (Å²) in [5.41, 5.74) is 6.73. The molecule has 1 fully saturated rings. The van der Waals surface area contributed by atoms with Crippen LogP contribution in [0.4, 0.5) is 0 Å². The van der Waals surface area contributed by atoms with Gasteiger partial charge in [0.1, 0.15) is 0 Å². The van der Waals surface area contributed by atoms with E-state index in [2.05, 4.69) is 4.98 Å². The number of hydrogen-bond acceptors (Lipinski definition) is 3. The van der Waals surface area contributed by atoms with Gasteiger partial charge in [0.25, 0.3) is 0 Å². The van der Waals surface area contributed by atoms with E-state index in [0.29, 0.717) is 12.3 Å². The van der Waals surface area contributed by atoms with Crippen LogP contribution in [0.3, 0.4) is 0 Å². The summed E-state index contributed by atoms with van der Waals surface area (Å²) in [7, 11) is 0. The van der Waals surface area contributed by atoms with Gasteiger partial charge in [0.15, 0.2) is 0 Å². The molecule has 106 valence electrons. The van der Waals surface area contributed by atoms with E-state index in [1.165, 1.54) is 5.56 Å². The van der Waals surface area contributed by atoms with Gasteiger partial charge in [0.05, 0.1) is 0 Å². The maximum Gasteiger partial charge on any atom is 0.222 e. The molecule has 0 saturated carbocycles. The van der Waals surface area contributed by atoms with Crippen molar-refractivity contribution in [3.8, 4) is 0 Å². The molecular weight excluding hydrogens is 262 g/mol. The first kappa shape index (κ1) is 15.9. The highest BCUT2D eigenvalue weighted by atomic mass is 35.5. The lowest BCUT2D eigenvalue weighted by Gasteiger charge is -2.16. The van der Waals surface area contributed by atoms with Crippen molar-refractivity contribution in [1.82, 2.24) is 9.88 Å². The highest BCUT2D eigenvalue weighted by Crippen LogP contribution is 2.19. The van der Waals surface area contributed by atoms with E-state index in [9.17, 15) is 4.79 Å². The number of rotatable bonds is 5. The number of carbonyl (C=O) groups excluding carboxylic acids is 1. The van der Waals surface area contributed by atoms with E-state index < -0.39 is 0 Å². The summed E-state index contributed by atoms with van der Waals surface area (Å²) in [5, 5.41) is 0. The van der Waals surface area contributed by atoms with Gasteiger partial charge in [-0.3, -0.25) is 9.78 Å². The van der Waals surface area contributed by atoms with Crippen LogP contribution in [0.1, 0.15) is 24.8 Å². The minimum atomic E-state index is 0. The SMILES string of the molecule is Cl.NCCC1CCN(C(=O)CCc2ccncc2)C1. The standard InChI is InChI=1S/C14H21N3O.ClH/c15-7-3-13-6-10-17(11-13)14(18)2-1-12-4-8-16-9-5-12;/h4-5,8-9,13H,1-3,6-7,10-11,15H2;1H. The summed E-state index contributed by atoms with van der Waals surface area (Å²) in [6.45, 7) is 2.52. The third-order valence-electron chi connectivity index (χ3n) is 3.59. The highest BCUT2D eigenvalue weighted by molar-refractivity contribution is 5.85. The Morgan fingerprint density at radius 1 is 1.42 bits per heavy atom. The van der Waals surface area contributed by atoms with Gasteiger partial charge in [0.2, 0.25) is 5.91 Å². The number of nitrogens with zero attached hydrogens (tertiary/aromatic N) is 2. The molecule has 2 N–H and O–H groups in total. The Morgan fingerprint density at radius 3 is 2.84 bits per heavy atom. The van der Waals surface area contributed by atoms with Gasteiger partial charge >= 0.3 is 0 Å². The Hall–Kier alpha value is -1.13. The van der Waals surface area contributed by atoms with Crippen LogP contribution in [-0.4, -0.2) is 35.4 Å². The lowest BCUT2D eigenvalue weighted by molar-refractivity contribution is -0.130. The molecular formula is C14H22ClN3O. The van der Waals surface area contributed by atoms with Gasteiger partial charge in [-0.2, -0.15) is 0 Å². The van der Waals surface area contributed by atoms with Crippen LogP contribution in [0.25, 0.3) is 0 Å². The fourth-order valence-corrected chi connectivity index (χ4v) is 2.49. The van der Waals surface area contributed by atoms with Gasteiger partial charge in [-0.05, 0) is 49.4 Å². The summed E-state index contributed by atoms with van der Waals surface area (Å²) in [6, 6.07) is 3.93. The summed E-state index contributed by atoms with van der Waals surface area (Å²) in [4.78, 5) is 18.0. The molecule has 0 bridgehead atoms. The minimum Gasteiger partial charge on any atom is -0.342 e. The van der Waals surface area contributed by atoms with Crippen LogP contribution in [0.2, 0.25) is 0 Å². The minimum absolute atomic E-state index is 0. The summed E-state index contributed by atoms with van der Waals surface area (Å²) in [6.07, 6.45) is 7.09. The molecule has 4 nitrogen and oxygen atoms in total. The van der Waals surface area contributed by atoms with Crippen LogP contribution >= 0.6 is 12.4 Å². The Bertz CT molecular complexity index is 386. The second kappa shape index (κ2) is 8.12. The second-order valence-electron chi connectivity index (χ2n) is 4.93. The van der Waals surface area contributed by atoms with Crippen molar-refractivity contribution in [2.24, 2.45) is 11.7 Å². The molecule has 1 unspecified atom stereocenters. The van der Waals surface area contributed by atoms with Crippen molar-refractivity contribution in [2.75, 3.05) is 19.6 Å². The van der Waals surface area contributed by atoms with Crippen molar-refractivity contribution in [3.05, 3.63) is 30.1 Å². The maximum atomic E-state index is 12.0. The van der Waals surface area contributed by atoms with Gasteiger partial charge in [-0.25, -0.2) is 0 Å². The van der Waals surface area contributed by atoms with Gasteiger partial charge < -0.3 is 10.6 Å². The number of likely N-dealkylation sites (tertiary alicyclic amines) is 1. The predicted octanol–water partition coefficient (Wildman–Crippen LogP) is 1.63. The summed E-state index contributed by atoms with van der Waals surface area (Å²) >= 11 is 0. The molecule has 2 rings (SSSR count). The first-order valence-electron chi connectivity index (χ1n) is 6.66. The third kappa shape index (κ3) is 4.80. The van der Waals surface area contributed by atoms with E-state index in [-0.39, 0.29) is 18.3 Å². The number of aryl methyl sites for hydroxylation is 1. The number of carbonyl (C=O) groups is 1. The number of halogens is 1. The van der Waals surface area contributed by atoms with Crippen LogP contribution in [0.5, 0.6) is 0 Å². The zero-order valence-corrected chi connectivity index (χ0v) is 11.9. The van der Waals surface area contributed by atoms with E-state index in [1.54, 1.807) is 12.4 Å². The summed E-state index contributed by atoms with van der Waals surface area (Å²) < 4.78 is 0. The van der Waals surface area contributed by atoms with Crippen molar-refractivity contribution in [1.29, 1.82) is 0 Å². The molecule has 0 spiro atoms. The first-order valence-corrected chi connectivity index (χ1v) is 6.66. The predicted molar refractivity (Wildman–Crippen MR) is 78.2 cm³/mol. The Morgan fingerprint density at radius 2 is 2.16 bits per heavy atom. The number of hydrogen-bond donors (Lipinski definition) is 1. The second-order valence-corrected chi connectivity index (χ2v) is 4.93. The monoisotopic (exact) mass is 283 g/mol. The number of pyridine rings is 1. The van der Waals surface area contributed by atoms with Crippen LogP contribution in [-0.2, 0) is 11.2 Å². The molecule has 0 radical (unpaired) electrons. The molecule has 0 aliphatic carbocycles. The highest BCUT2D eigenvalue weighted by Gasteiger charge is 2.24. The zero-order chi connectivity index (χ0) is 12.8. The number of nitrogens with two attached hydrogens (primary N) is 1. The topological polar surface area (TPSA) is 59.2 Å². The third-order valence-corrected chi connectivity index (χ3v) is 3.59. The van der Waals surface area contributed by atoms with E-state index >= 15 is 0 Å². The van der Waals surface area contributed by atoms with Gasteiger partial charge in [0, 0.05) is 31.9 Å². The molecule has 1 aromatic rings. The largest absolute Gasteiger partial charge is 0.342 e. The van der Waals surface area contributed by atoms with Crippen molar-refractivity contribution in [3.63, 3.8) is 0 Å². The maximum absolute atomic E-state index is 12.0. The molecule has 1 atom stereocenters. The number of amides is 1. The molecule has 1 aliphatic heterocycles. The summed E-state index contributed by atoms with van der Waals surface area (Å²) in [5.74, 6) is 0.881. The van der Waals surface area contributed by atoms with E-state index in [1.807, 2.05) is 17.0 Å². The molecule has 1 aliphatic rings. The fourth-order valence-electron chi connectivity index (χ4n) is 2.49. The Balaban J connectivity index is 0.00000180. The molecule has 1 saturated heterocycles. The van der Waals surface area contributed by atoms with Crippen molar-refractivity contribution >= 4 is 18.3 Å². The average Bonchev–Trinajstić information content (AvgIpc) is 2.86. The first-order chi connectivity index (χ1) is 8.79. The number of aromatic nitrogens is 1. The lowest BCUT2D eigenvalue weighted by atomic mass is 10.1. The Kier molecular flexibility index (Phi) is 6.81. The van der Waals surface area contributed by atoms with Crippen LogP contribution in [0.15, 0.2) is 24.5 Å². The molecule has 1 amide bonds. The van der Waals surface area contributed by atoms with Gasteiger partial charge in [-0.15, -0.1) is 12.4 Å². The zero-order valence-electron chi connectivity index (χ0n) is 11.1. The van der Waals surface area contributed by atoms with Crippen LogP contribution < -0.4 is 5.73 Å². The average molecular weight is 284 g/mol. The molecule has 5 heteroatoms. The van der Waals surface area contributed by atoms with Crippen molar-refractivity contribution in [2.45, 2.75) is 25.7 Å². The van der Waals surface area contributed by atoms with Crippen LogP contribution in [0, 0.1) is 5.92 Å². The lowest BCUT2D eigenvalue weighted by Crippen LogP contribution is -2.29. The molecule has 19 heavy (non-hydrogen) atoms.